The van der Waals surface area contributed by atoms with E-state index in [0.29, 0.717) is 16.6 Å². The van der Waals surface area contributed by atoms with E-state index in [4.69, 9.17) is 23.2 Å². The predicted octanol–water partition coefficient (Wildman–Crippen LogP) is 2.63. The van der Waals surface area contributed by atoms with Crippen molar-refractivity contribution in [3.8, 4) is 0 Å². The standard InChI is InChI=1S/C9H7Cl2N3/c10-8-1-2-9(11)7(3-8)4-14-6-12-5-13-14/h1-3,5-6H,4H2. The van der Waals surface area contributed by atoms with Crippen molar-refractivity contribution in [3.05, 3.63) is 46.5 Å². The second kappa shape index (κ2) is 3.98. The normalized spacial score (nSPS) is 10.4. The number of hydrogen-bond acceptors (Lipinski definition) is 2. The number of aromatic nitrogens is 3. The zero-order chi connectivity index (χ0) is 9.97. The van der Waals surface area contributed by atoms with Gasteiger partial charge in [-0.1, -0.05) is 23.2 Å². The first-order valence-corrected chi connectivity index (χ1v) is 4.77. The van der Waals surface area contributed by atoms with Crippen LogP contribution < -0.4 is 0 Å². The van der Waals surface area contributed by atoms with Gasteiger partial charge in [0, 0.05) is 10.0 Å². The molecule has 2 rings (SSSR count). The average molecular weight is 228 g/mol. The monoisotopic (exact) mass is 227 g/mol. The molecule has 0 fully saturated rings. The van der Waals surface area contributed by atoms with Crippen LogP contribution in [0.5, 0.6) is 0 Å². The summed E-state index contributed by atoms with van der Waals surface area (Å²) in [6.45, 7) is 0.583. The van der Waals surface area contributed by atoms with Gasteiger partial charge in [0.2, 0.25) is 0 Å². The molecule has 5 heteroatoms. The molecule has 0 atom stereocenters. The van der Waals surface area contributed by atoms with Crippen molar-refractivity contribution in [1.82, 2.24) is 14.8 Å². The SMILES string of the molecule is Clc1ccc(Cl)c(Cn2cncn2)c1. The number of nitrogens with zero attached hydrogens (tertiary/aromatic N) is 3. The van der Waals surface area contributed by atoms with Gasteiger partial charge in [-0.05, 0) is 23.8 Å². The second-order valence-electron chi connectivity index (χ2n) is 2.83. The highest BCUT2D eigenvalue weighted by molar-refractivity contribution is 6.33. The third-order valence-electron chi connectivity index (χ3n) is 1.81. The van der Waals surface area contributed by atoms with Crippen LogP contribution in [-0.2, 0) is 6.54 Å². The first-order valence-electron chi connectivity index (χ1n) is 4.02. The van der Waals surface area contributed by atoms with Gasteiger partial charge in [-0.15, -0.1) is 0 Å². The highest BCUT2D eigenvalue weighted by Crippen LogP contribution is 2.20. The molecule has 0 aliphatic rings. The van der Waals surface area contributed by atoms with Gasteiger partial charge in [-0.3, -0.25) is 0 Å². The Morgan fingerprint density at radius 2 is 2.14 bits per heavy atom. The summed E-state index contributed by atoms with van der Waals surface area (Å²) in [4.78, 5) is 3.85. The molecule has 14 heavy (non-hydrogen) atoms. The van der Waals surface area contributed by atoms with E-state index in [1.54, 1.807) is 23.1 Å². The molecule has 2 aromatic rings. The molecule has 0 amide bonds. The van der Waals surface area contributed by atoms with Gasteiger partial charge in [0.05, 0.1) is 6.54 Å². The van der Waals surface area contributed by atoms with E-state index < -0.39 is 0 Å². The van der Waals surface area contributed by atoms with Crippen LogP contribution in [0, 0.1) is 0 Å². The highest BCUT2D eigenvalue weighted by Gasteiger charge is 2.02. The third kappa shape index (κ3) is 2.05. The van der Waals surface area contributed by atoms with Crippen LogP contribution in [0.15, 0.2) is 30.9 Å². The van der Waals surface area contributed by atoms with Crippen LogP contribution in [0.2, 0.25) is 10.0 Å². The Balaban J connectivity index is 2.28. The molecule has 0 saturated carbocycles. The summed E-state index contributed by atoms with van der Waals surface area (Å²) in [6.07, 6.45) is 3.12. The fourth-order valence-corrected chi connectivity index (χ4v) is 1.53. The first kappa shape index (κ1) is 9.49. The van der Waals surface area contributed by atoms with Crippen LogP contribution in [0.1, 0.15) is 5.56 Å². The maximum Gasteiger partial charge on any atom is 0.137 e. The molecule has 0 N–H and O–H groups in total. The van der Waals surface area contributed by atoms with Crippen molar-refractivity contribution in [1.29, 1.82) is 0 Å². The Morgan fingerprint density at radius 3 is 2.86 bits per heavy atom. The smallest absolute Gasteiger partial charge is 0.137 e. The molecule has 1 aromatic carbocycles. The molecule has 1 aromatic heterocycles. The zero-order valence-electron chi connectivity index (χ0n) is 7.19. The van der Waals surface area contributed by atoms with E-state index in [9.17, 15) is 0 Å². The van der Waals surface area contributed by atoms with Gasteiger partial charge in [-0.25, -0.2) is 9.67 Å². The Labute approximate surface area is 91.3 Å². The summed E-state index contributed by atoms with van der Waals surface area (Å²) >= 11 is 11.8. The quantitative estimate of drug-likeness (QED) is 0.790. The largest absolute Gasteiger partial charge is 0.249 e. The molecule has 0 aliphatic heterocycles. The third-order valence-corrected chi connectivity index (χ3v) is 2.41. The summed E-state index contributed by atoms with van der Waals surface area (Å²) in [5.41, 5.74) is 0.935. The van der Waals surface area contributed by atoms with Gasteiger partial charge < -0.3 is 0 Å². The van der Waals surface area contributed by atoms with Gasteiger partial charge >= 0.3 is 0 Å². The van der Waals surface area contributed by atoms with Gasteiger partial charge in [0.25, 0.3) is 0 Å². The predicted molar refractivity (Wildman–Crippen MR) is 55.6 cm³/mol. The molecular formula is C9H7Cl2N3. The van der Waals surface area contributed by atoms with E-state index >= 15 is 0 Å². The maximum absolute atomic E-state index is 5.99. The van der Waals surface area contributed by atoms with Gasteiger partial charge in [-0.2, -0.15) is 5.10 Å². The first-order chi connectivity index (χ1) is 6.75. The van der Waals surface area contributed by atoms with E-state index in [1.807, 2.05) is 6.07 Å². The summed E-state index contributed by atoms with van der Waals surface area (Å²) in [5.74, 6) is 0. The van der Waals surface area contributed by atoms with E-state index in [0.717, 1.165) is 5.56 Å². The Bertz CT molecular complexity index is 426. The Morgan fingerprint density at radius 1 is 1.29 bits per heavy atom. The fourth-order valence-electron chi connectivity index (χ4n) is 1.15. The minimum absolute atomic E-state index is 0.583. The molecule has 0 spiro atoms. The molecule has 0 saturated heterocycles. The molecule has 1 heterocycles. The van der Waals surface area contributed by atoms with E-state index in [1.165, 1.54) is 6.33 Å². The van der Waals surface area contributed by atoms with Crippen LogP contribution in [0.4, 0.5) is 0 Å². The van der Waals surface area contributed by atoms with Crippen LogP contribution in [0.3, 0.4) is 0 Å². The number of hydrogen-bond donors (Lipinski definition) is 0. The second-order valence-corrected chi connectivity index (χ2v) is 3.67. The number of rotatable bonds is 2. The summed E-state index contributed by atoms with van der Waals surface area (Å²) in [6, 6.07) is 5.36. The molecule has 0 unspecified atom stereocenters. The zero-order valence-corrected chi connectivity index (χ0v) is 8.70. The van der Waals surface area contributed by atoms with Crippen molar-refractivity contribution < 1.29 is 0 Å². The molecule has 0 bridgehead atoms. The number of benzene rings is 1. The lowest BCUT2D eigenvalue weighted by molar-refractivity contribution is 0.685. The molecular weight excluding hydrogens is 221 g/mol. The van der Waals surface area contributed by atoms with Crippen LogP contribution in [0.25, 0.3) is 0 Å². The van der Waals surface area contributed by atoms with Gasteiger partial charge in [0.15, 0.2) is 0 Å². The maximum atomic E-state index is 5.99. The van der Waals surface area contributed by atoms with E-state index in [2.05, 4.69) is 10.1 Å². The molecule has 3 nitrogen and oxygen atoms in total. The Hall–Kier alpha value is -1.06. The molecule has 0 aliphatic carbocycles. The topological polar surface area (TPSA) is 30.7 Å². The van der Waals surface area contributed by atoms with Gasteiger partial charge in [0.1, 0.15) is 12.7 Å². The van der Waals surface area contributed by atoms with Crippen molar-refractivity contribution in [2.75, 3.05) is 0 Å². The highest BCUT2D eigenvalue weighted by atomic mass is 35.5. The fraction of sp³-hybridized carbons (Fsp3) is 0.111. The number of halogens is 2. The summed E-state index contributed by atoms with van der Waals surface area (Å²) in [5, 5.41) is 5.34. The Kier molecular flexibility index (Phi) is 2.70. The molecule has 0 radical (unpaired) electrons. The lowest BCUT2D eigenvalue weighted by Crippen LogP contribution is -2.00. The lowest BCUT2D eigenvalue weighted by Gasteiger charge is -2.04. The van der Waals surface area contributed by atoms with Crippen molar-refractivity contribution >= 4 is 23.2 Å². The minimum Gasteiger partial charge on any atom is -0.249 e. The van der Waals surface area contributed by atoms with Crippen molar-refractivity contribution in [2.45, 2.75) is 6.54 Å². The van der Waals surface area contributed by atoms with Crippen LogP contribution >= 0.6 is 23.2 Å². The summed E-state index contributed by atoms with van der Waals surface area (Å²) in [7, 11) is 0. The lowest BCUT2D eigenvalue weighted by atomic mass is 10.2. The van der Waals surface area contributed by atoms with Crippen LogP contribution in [-0.4, -0.2) is 14.8 Å². The van der Waals surface area contributed by atoms with Crippen molar-refractivity contribution in [2.24, 2.45) is 0 Å². The molecule has 72 valence electrons. The van der Waals surface area contributed by atoms with Crippen molar-refractivity contribution in [3.63, 3.8) is 0 Å². The average Bonchev–Trinajstić information content (AvgIpc) is 2.64. The van der Waals surface area contributed by atoms with E-state index in [-0.39, 0.29) is 0 Å². The minimum atomic E-state index is 0.583. The summed E-state index contributed by atoms with van der Waals surface area (Å²) < 4.78 is 1.69.